The lowest BCUT2D eigenvalue weighted by atomic mass is 10.2. The average Bonchev–Trinajstić information content (AvgIpc) is 2.22. The van der Waals surface area contributed by atoms with E-state index in [9.17, 15) is 4.79 Å². The van der Waals surface area contributed by atoms with Crippen molar-refractivity contribution < 1.29 is 14.3 Å². The number of carbonyl (C=O) groups excluding carboxylic acids is 1. The van der Waals surface area contributed by atoms with Crippen LogP contribution >= 0.6 is 0 Å². The van der Waals surface area contributed by atoms with Gasteiger partial charge in [0.05, 0.1) is 12.2 Å². The maximum atomic E-state index is 11.8. The van der Waals surface area contributed by atoms with E-state index in [-0.39, 0.29) is 18.2 Å². The molecule has 2 amide bonds. The van der Waals surface area contributed by atoms with Crippen LogP contribution in [0.5, 0.6) is 0 Å². The predicted molar refractivity (Wildman–Crippen MR) is 61.5 cm³/mol. The lowest BCUT2D eigenvalue weighted by Crippen LogP contribution is -2.51. The molecule has 1 aliphatic heterocycles. The Morgan fingerprint density at radius 1 is 1.44 bits per heavy atom. The van der Waals surface area contributed by atoms with Gasteiger partial charge in [-0.05, 0) is 20.3 Å². The van der Waals surface area contributed by atoms with Gasteiger partial charge in [-0.2, -0.15) is 0 Å². The number of nitrogens with zero attached hydrogens (tertiary/aromatic N) is 1. The number of ether oxygens (including phenoxy) is 2. The van der Waals surface area contributed by atoms with E-state index in [1.54, 1.807) is 7.11 Å². The van der Waals surface area contributed by atoms with Gasteiger partial charge in [0.1, 0.15) is 0 Å². The number of carbonyl (C=O) groups is 1. The minimum Gasteiger partial charge on any atom is -0.385 e. The van der Waals surface area contributed by atoms with Gasteiger partial charge in [0.25, 0.3) is 0 Å². The summed E-state index contributed by atoms with van der Waals surface area (Å²) in [7, 11) is 1.66. The number of amides is 2. The molecule has 1 fully saturated rings. The highest BCUT2D eigenvalue weighted by Gasteiger charge is 2.25. The molecule has 1 saturated heterocycles. The molecule has 16 heavy (non-hydrogen) atoms. The molecule has 0 aromatic heterocycles. The monoisotopic (exact) mass is 230 g/mol. The smallest absolute Gasteiger partial charge is 0.317 e. The standard InChI is InChI=1S/C11H22N2O3/c1-9-7-13(8-10(2)16-9)11(14)12-5-4-6-15-3/h9-10H,4-8H2,1-3H3,(H,12,14). The Morgan fingerprint density at radius 3 is 2.62 bits per heavy atom. The topological polar surface area (TPSA) is 50.8 Å². The third kappa shape index (κ3) is 4.37. The molecule has 5 heteroatoms. The molecule has 1 rings (SSSR count). The predicted octanol–water partition coefficient (Wildman–Crippen LogP) is 0.842. The van der Waals surface area contributed by atoms with Crippen molar-refractivity contribution in [2.24, 2.45) is 0 Å². The number of rotatable bonds is 4. The van der Waals surface area contributed by atoms with Gasteiger partial charge in [0.15, 0.2) is 0 Å². The van der Waals surface area contributed by atoms with E-state index >= 15 is 0 Å². The molecule has 0 aliphatic carbocycles. The molecule has 2 unspecified atom stereocenters. The molecular formula is C11H22N2O3. The van der Waals surface area contributed by atoms with Crippen LogP contribution in [0, 0.1) is 0 Å². The fraction of sp³-hybridized carbons (Fsp3) is 0.909. The molecule has 5 nitrogen and oxygen atoms in total. The van der Waals surface area contributed by atoms with E-state index in [2.05, 4.69) is 5.32 Å². The molecule has 0 aromatic carbocycles. The average molecular weight is 230 g/mol. The van der Waals surface area contributed by atoms with Gasteiger partial charge in [0.2, 0.25) is 0 Å². The van der Waals surface area contributed by atoms with Gasteiger partial charge >= 0.3 is 6.03 Å². The zero-order valence-corrected chi connectivity index (χ0v) is 10.4. The van der Waals surface area contributed by atoms with Crippen LogP contribution in [-0.2, 0) is 9.47 Å². The Labute approximate surface area is 97.1 Å². The van der Waals surface area contributed by atoms with Crippen molar-refractivity contribution in [3.8, 4) is 0 Å². The molecule has 2 atom stereocenters. The summed E-state index contributed by atoms with van der Waals surface area (Å²) in [4.78, 5) is 13.6. The summed E-state index contributed by atoms with van der Waals surface area (Å²) in [6, 6.07) is -0.00176. The first kappa shape index (κ1) is 13.3. The van der Waals surface area contributed by atoms with Gasteiger partial charge in [0, 0.05) is 33.4 Å². The van der Waals surface area contributed by atoms with Crippen molar-refractivity contribution in [2.45, 2.75) is 32.5 Å². The van der Waals surface area contributed by atoms with Crippen LogP contribution in [0.4, 0.5) is 4.79 Å². The molecule has 1 heterocycles. The molecule has 0 aromatic rings. The minimum atomic E-state index is -0.00176. The first-order chi connectivity index (χ1) is 7.63. The number of hydrogen-bond acceptors (Lipinski definition) is 3. The molecular weight excluding hydrogens is 208 g/mol. The van der Waals surface area contributed by atoms with E-state index in [4.69, 9.17) is 9.47 Å². The van der Waals surface area contributed by atoms with Gasteiger partial charge in [-0.1, -0.05) is 0 Å². The normalized spacial score (nSPS) is 25.6. The molecule has 1 aliphatic rings. The Hall–Kier alpha value is -0.810. The molecule has 0 bridgehead atoms. The van der Waals surface area contributed by atoms with Crippen LogP contribution in [0.1, 0.15) is 20.3 Å². The Kier molecular flexibility index (Phi) is 5.55. The Bertz CT molecular complexity index is 213. The lowest BCUT2D eigenvalue weighted by Gasteiger charge is -2.35. The van der Waals surface area contributed by atoms with Gasteiger partial charge in [-0.25, -0.2) is 4.79 Å². The summed E-state index contributed by atoms with van der Waals surface area (Å²) in [5, 5.41) is 2.88. The Morgan fingerprint density at radius 2 is 2.06 bits per heavy atom. The third-order valence-corrected chi connectivity index (χ3v) is 2.51. The lowest BCUT2D eigenvalue weighted by molar-refractivity contribution is -0.0545. The fourth-order valence-electron chi connectivity index (χ4n) is 1.87. The summed E-state index contributed by atoms with van der Waals surface area (Å²) in [5.41, 5.74) is 0. The minimum absolute atomic E-state index is 0.00176. The number of urea groups is 1. The van der Waals surface area contributed by atoms with Crippen molar-refractivity contribution in [3.05, 3.63) is 0 Å². The quantitative estimate of drug-likeness (QED) is 0.728. The first-order valence-electron chi connectivity index (χ1n) is 5.80. The second kappa shape index (κ2) is 6.70. The Balaban J connectivity index is 2.24. The van der Waals surface area contributed by atoms with Crippen LogP contribution in [0.2, 0.25) is 0 Å². The fourth-order valence-corrected chi connectivity index (χ4v) is 1.87. The summed E-state index contributed by atoms with van der Waals surface area (Å²) in [5.74, 6) is 0. The van der Waals surface area contributed by atoms with Crippen molar-refractivity contribution in [3.63, 3.8) is 0 Å². The van der Waals surface area contributed by atoms with Crippen LogP contribution in [0.25, 0.3) is 0 Å². The van der Waals surface area contributed by atoms with E-state index in [1.165, 1.54) is 0 Å². The van der Waals surface area contributed by atoms with Crippen molar-refractivity contribution in [2.75, 3.05) is 33.4 Å². The van der Waals surface area contributed by atoms with Crippen LogP contribution in [-0.4, -0.2) is 56.5 Å². The van der Waals surface area contributed by atoms with Gasteiger partial charge in [-0.15, -0.1) is 0 Å². The summed E-state index contributed by atoms with van der Waals surface area (Å²) < 4.78 is 10.5. The van der Waals surface area contributed by atoms with E-state index in [0.717, 1.165) is 6.42 Å². The highest BCUT2D eigenvalue weighted by molar-refractivity contribution is 5.74. The molecule has 94 valence electrons. The van der Waals surface area contributed by atoms with E-state index in [1.807, 2.05) is 18.7 Å². The molecule has 0 spiro atoms. The largest absolute Gasteiger partial charge is 0.385 e. The maximum Gasteiger partial charge on any atom is 0.317 e. The first-order valence-corrected chi connectivity index (χ1v) is 5.80. The van der Waals surface area contributed by atoms with Gasteiger partial charge < -0.3 is 19.7 Å². The summed E-state index contributed by atoms with van der Waals surface area (Å²) >= 11 is 0. The second-order valence-corrected chi connectivity index (χ2v) is 4.24. The SMILES string of the molecule is COCCCNC(=O)N1CC(C)OC(C)C1. The van der Waals surface area contributed by atoms with Crippen molar-refractivity contribution in [1.29, 1.82) is 0 Å². The van der Waals surface area contributed by atoms with Crippen LogP contribution < -0.4 is 5.32 Å². The van der Waals surface area contributed by atoms with E-state index < -0.39 is 0 Å². The van der Waals surface area contributed by atoms with Crippen molar-refractivity contribution >= 4 is 6.03 Å². The third-order valence-electron chi connectivity index (χ3n) is 2.51. The van der Waals surface area contributed by atoms with Crippen LogP contribution in [0.3, 0.4) is 0 Å². The van der Waals surface area contributed by atoms with E-state index in [0.29, 0.717) is 26.2 Å². The molecule has 0 radical (unpaired) electrons. The molecule has 0 saturated carbocycles. The maximum absolute atomic E-state index is 11.8. The zero-order valence-electron chi connectivity index (χ0n) is 10.4. The highest BCUT2D eigenvalue weighted by Crippen LogP contribution is 2.10. The van der Waals surface area contributed by atoms with Crippen LogP contribution in [0.15, 0.2) is 0 Å². The number of hydrogen-bond donors (Lipinski definition) is 1. The summed E-state index contributed by atoms with van der Waals surface area (Å²) in [6.07, 6.45) is 1.08. The van der Waals surface area contributed by atoms with Gasteiger partial charge in [-0.3, -0.25) is 0 Å². The molecule has 1 N–H and O–H groups in total. The number of morpholine rings is 1. The van der Waals surface area contributed by atoms with Crippen molar-refractivity contribution in [1.82, 2.24) is 10.2 Å². The zero-order chi connectivity index (χ0) is 12.0. The highest BCUT2D eigenvalue weighted by atomic mass is 16.5. The number of nitrogens with one attached hydrogen (secondary N) is 1. The second-order valence-electron chi connectivity index (χ2n) is 4.24. The summed E-state index contributed by atoms with van der Waals surface area (Å²) in [6.45, 7) is 6.64. The number of methoxy groups -OCH3 is 1.